The van der Waals surface area contributed by atoms with Crippen molar-refractivity contribution in [1.29, 1.82) is 0 Å². The Kier molecular flexibility index (Phi) is 21.1. The molecule has 4 fully saturated rings. The van der Waals surface area contributed by atoms with Crippen LogP contribution in [0.1, 0.15) is 312 Å². The number of hydrogen-bond donors (Lipinski definition) is 2. The number of carbonyl (C=O) groups is 2. The molecule has 0 amide bonds. The molecule has 0 saturated carbocycles. The van der Waals surface area contributed by atoms with Crippen molar-refractivity contribution in [3.8, 4) is 11.5 Å². The third-order valence-corrected chi connectivity index (χ3v) is 24.9. The summed E-state index contributed by atoms with van der Waals surface area (Å²) >= 11 is 0. The average Bonchev–Trinajstić information content (AvgIpc) is 0.757. The standard InChI is InChI=1S/C81H140N4O6/c1-68(2,3)60-35-52(36-61(66(60)88)69(4,5)6)40-80(29,50-58(54-42-72(13,14)82(31)73(15,16)43-54)55-44-74(17,18)83(32)75(19,20)45-55)90-64(86)39-65(87)91-81(30,41-53-37-62(70(7,8)9)67(89)63(38-53)71(10,11)12)51-59(56-46-76(21,22)84(33)77(23,24)47-56)57-48-78(25,26)85(34)79(27,28)49-57/h35-38,54-59,88-89H,39-51H2,1-34H3. The summed E-state index contributed by atoms with van der Waals surface area (Å²) in [6.07, 6.45) is 9.61. The number of piperidine rings is 4. The molecule has 91 heavy (non-hydrogen) atoms. The largest absolute Gasteiger partial charge is 0.507 e. The highest BCUT2D eigenvalue weighted by Crippen LogP contribution is 2.56. The molecule has 4 heterocycles. The van der Waals surface area contributed by atoms with E-state index in [0.29, 0.717) is 60.9 Å². The van der Waals surface area contributed by atoms with E-state index in [-0.39, 0.29) is 77.8 Å². The van der Waals surface area contributed by atoms with Crippen molar-refractivity contribution in [2.75, 3.05) is 28.2 Å². The van der Waals surface area contributed by atoms with Gasteiger partial charge in [-0.25, -0.2) is 0 Å². The lowest BCUT2D eigenvalue weighted by Gasteiger charge is -2.59. The SMILES string of the molecule is CN1C(C)(C)CC(C(CC(C)(Cc2cc(C(C)(C)C)c(O)c(C(C)(C)C)c2)OC(=O)CC(=O)OC(C)(Cc2cc(C(C)(C)C)c(O)c(C(C)(C)C)c2)CC(C2CC(C)(C)N(C)C(C)(C)C2)C2CC(C)(C)N(C)C(C)(C)C2)C2CC(C)(C)N(C)C(C)(C)C2)CC1(C)C. The second kappa shape index (κ2) is 25.0. The van der Waals surface area contributed by atoms with E-state index >= 15 is 9.59 Å². The van der Waals surface area contributed by atoms with E-state index in [1.807, 2.05) is 0 Å². The van der Waals surface area contributed by atoms with Crippen LogP contribution >= 0.6 is 0 Å². The highest BCUT2D eigenvalue weighted by Gasteiger charge is 2.55. The van der Waals surface area contributed by atoms with Gasteiger partial charge in [-0.2, -0.15) is 0 Å². The molecule has 2 atom stereocenters. The van der Waals surface area contributed by atoms with Crippen LogP contribution in [0, 0.1) is 35.5 Å². The highest BCUT2D eigenvalue weighted by molar-refractivity contribution is 5.91. The predicted octanol–water partition coefficient (Wildman–Crippen LogP) is 18.7. The smallest absolute Gasteiger partial charge is 0.317 e. The van der Waals surface area contributed by atoms with Gasteiger partial charge in [0, 0.05) is 57.2 Å². The summed E-state index contributed by atoms with van der Waals surface area (Å²) in [5, 5.41) is 24.2. The van der Waals surface area contributed by atoms with Gasteiger partial charge in [-0.05, 0) is 308 Å². The third-order valence-electron chi connectivity index (χ3n) is 24.9. The number of hydrogen-bond acceptors (Lipinski definition) is 10. The van der Waals surface area contributed by atoms with Crippen molar-refractivity contribution in [1.82, 2.24) is 19.6 Å². The Hall–Kier alpha value is -3.18. The number of esters is 2. The first-order chi connectivity index (χ1) is 40.5. The van der Waals surface area contributed by atoms with Crippen LogP contribution < -0.4 is 0 Å². The van der Waals surface area contributed by atoms with E-state index in [2.05, 4.69) is 280 Å². The summed E-state index contributed by atoms with van der Waals surface area (Å²) < 4.78 is 14.5. The predicted molar refractivity (Wildman–Crippen MR) is 383 cm³/mol. The molecule has 2 aromatic carbocycles. The maximum Gasteiger partial charge on any atom is 0.317 e. The number of rotatable bonds is 16. The molecule has 0 spiro atoms. The second-order valence-electron chi connectivity index (χ2n) is 40.6. The zero-order valence-corrected chi connectivity index (χ0v) is 65.3. The molecule has 2 N–H and O–H groups in total. The zero-order chi connectivity index (χ0) is 70.0. The Morgan fingerprint density at radius 2 is 0.560 bits per heavy atom. The monoisotopic (exact) mass is 1270 g/mol. The van der Waals surface area contributed by atoms with Crippen molar-refractivity contribution in [3.05, 3.63) is 57.6 Å². The van der Waals surface area contributed by atoms with Crippen molar-refractivity contribution in [2.45, 2.75) is 368 Å². The van der Waals surface area contributed by atoms with Crippen molar-refractivity contribution in [3.63, 3.8) is 0 Å². The van der Waals surface area contributed by atoms with E-state index in [0.717, 1.165) is 84.7 Å². The van der Waals surface area contributed by atoms with Crippen LogP contribution in [0.4, 0.5) is 0 Å². The molecule has 6 rings (SSSR count). The minimum Gasteiger partial charge on any atom is -0.507 e. The lowest BCUT2D eigenvalue weighted by molar-refractivity contribution is -0.175. The molecule has 10 heteroatoms. The van der Waals surface area contributed by atoms with Gasteiger partial charge in [0.25, 0.3) is 0 Å². The number of aromatic hydroxyl groups is 2. The van der Waals surface area contributed by atoms with Gasteiger partial charge in [0.05, 0.1) is 0 Å². The van der Waals surface area contributed by atoms with Gasteiger partial charge in [0.2, 0.25) is 0 Å². The van der Waals surface area contributed by atoms with Gasteiger partial charge in [-0.15, -0.1) is 0 Å². The molecule has 2 unspecified atom stereocenters. The summed E-state index contributed by atoms with van der Waals surface area (Å²) in [5.74, 6) is 1.16. The topological polar surface area (TPSA) is 106 Å². The summed E-state index contributed by atoms with van der Waals surface area (Å²) in [5.41, 5.74) is 1.28. The molecule has 0 aliphatic carbocycles. The molecular weight excluding hydrogens is 1120 g/mol. The molecular formula is C81H140N4O6. The van der Waals surface area contributed by atoms with Crippen LogP contribution in [0.15, 0.2) is 24.3 Å². The quantitative estimate of drug-likeness (QED) is 0.125. The number of benzene rings is 2. The van der Waals surface area contributed by atoms with Gasteiger partial charge in [0.15, 0.2) is 0 Å². The number of ether oxygens (including phenoxy) is 2. The summed E-state index contributed by atoms with van der Waals surface area (Å²) in [4.78, 5) is 41.6. The van der Waals surface area contributed by atoms with Crippen molar-refractivity contribution in [2.24, 2.45) is 35.5 Å². The Labute approximate surface area is 559 Å². The molecule has 0 radical (unpaired) electrons. The lowest BCUT2D eigenvalue weighted by atomic mass is 9.59. The van der Waals surface area contributed by atoms with Gasteiger partial charge < -0.3 is 19.7 Å². The van der Waals surface area contributed by atoms with Crippen LogP contribution in [0.25, 0.3) is 0 Å². The van der Waals surface area contributed by atoms with Crippen molar-refractivity contribution >= 4 is 11.9 Å². The summed E-state index contributed by atoms with van der Waals surface area (Å²) in [7, 11) is 9.15. The molecule has 4 saturated heterocycles. The number of carbonyl (C=O) groups excluding carboxylic acids is 2. The van der Waals surface area contributed by atoms with E-state index < -0.39 is 29.6 Å². The number of nitrogens with zero attached hydrogens (tertiary/aromatic N) is 4. The van der Waals surface area contributed by atoms with Gasteiger partial charge in [-0.1, -0.05) is 107 Å². The summed E-state index contributed by atoms with van der Waals surface area (Å²) in [6.45, 7) is 68.6. The maximum absolute atomic E-state index is 15.6. The fraction of sp³-hybridized carbons (Fsp3) is 0.827. The molecule has 4 aliphatic rings. The average molecular weight is 1270 g/mol. The third kappa shape index (κ3) is 17.2. The van der Waals surface area contributed by atoms with E-state index in [1.54, 1.807) is 0 Å². The highest BCUT2D eigenvalue weighted by atomic mass is 16.6. The first-order valence-corrected chi connectivity index (χ1v) is 35.6. The maximum atomic E-state index is 15.6. The molecule has 4 aliphatic heterocycles. The Balaban J connectivity index is 1.53. The Bertz CT molecular complexity index is 2510. The van der Waals surface area contributed by atoms with E-state index in [1.165, 1.54) is 0 Å². The Morgan fingerprint density at radius 1 is 0.385 bits per heavy atom. The Morgan fingerprint density at radius 3 is 0.725 bits per heavy atom. The normalized spacial score (nSPS) is 24.5. The van der Waals surface area contributed by atoms with Crippen molar-refractivity contribution < 1.29 is 29.3 Å². The fourth-order valence-corrected chi connectivity index (χ4v) is 19.2. The first-order valence-electron chi connectivity index (χ1n) is 35.6. The minimum absolute atomic E-state index is 0.0773. The molecule has 0 bridgehead atoms. The van der Waals surface area contributed by atoms with Gasteiger partial charge >= 0.3 is 11.9 Å². The van der Waals surface area contributed by atoms with E-state index in [9.17, 15) is 10.2 Å². The van der Waals surface area contributed by atoms with Crippen LogP contribution in [-0.2, 0) is 53.6 Å². The zero-order valence-electron chi connectivity index (χ0n) is 65.3. The fourth-order valence-electron chi connectivity index (χ4n) is 19.2. The first kappa shape index (κ1) is 76.8. The molecule has 0 aromatic heterocycles. The number of phenolic OH excluding ortho intramolecular Hbond substituents is 2. The number of likely N-dealkylation sites (tertiary alicyclic amines) is 4. The molecule has 2 aromatic rings. The molecule has 10 nitrogen and oxygen atoms in total. The van der Waals surface area contributed by atoms with Crippen LogP contribution in [0.2, 0.25) is 0 Å². The van der Waals surface area contributed by atoms with Crippen LogP contribution in [0.3, 0.4) is 0 Å². The van der Waals surface area contributed by atoms with Crippen LogP contribution in [0.5, 0.6) is 11.5 Å². The summed E-state index contributed by atoms with van der Waals surface area (Å²) in [6, 6.07) is 8.63. The number of phenols is 2. The van der Waals surface area contributed by atoms with Gasteiger partial charge in [0.1, 0.15) is 29.1 Å². The van der Waals surface area contributed by atoms with E-state index in [4.69, 9.17) is 9.47 Å². The lowest BCUT2D eigenvalue weighted by Crippen LogP contribution is -2.62. The minimum atomic E-state index is -1.06. The molecule has 520 valence electrons. The second-order valence-corrected chi connectivity index (χ2v) is 40.6. The van der Waals surface area contributed by atoms with Gasteiger partial charge in [-0.3, -0.25) is 29.2 Å². The van der Waals surface area contributed by atoms with Crippen LogP contribution in [-0.4, -0.2) is 125 Å².